The highest BCUT2D eigenvalue weighted by molar-refractivity contribution is 7.85. The number of carboxylic acids is 1. The van der Waals surface area contributed by atoms with Gasteiger partial charge in [0.25, 0.3) is 0 Å². The van der Waals surface area contributed by atoms with Gasteiger partial charge in [-0.15, -0.1) is 0 Å². The van der Waals surface area contributed by atoms with Crippen LogP contribution in [0.3, 0.4) is 0 Å². The Labute approximate surface area is 121 Å². The summed E-state index contributed by atoms with van der Waals surface area (Å²) >= 11 is 0. The lowest BCUT2D eigenvalue weighted by Gasteiger charge is -2.26. The Kier molecular flexibility index (Phi) is 5.01. The maximum atomic E-state index is 11.8. The summed E-state index contributed by atoms with van der Waals surface area (Å²) < 4.78 is 11.2. The fourth-order valence-corrected chi connectivity index (χ4v) is 4.24. The molecule has 0 aromatic carbocycles. The van der Waals surface area contributed by atoms with E-state index in [0.29, 0.717) is 24.3 Å². The van der Waals surface area contributed by atoms with E-state index in [-0.39, 0.29) is 18.6 Å². The number of amides is 2. The van der Waals surface area contributed by atoms with Crippen molar-refractivity contribution in [3.05, 3.63) is 0 Å². The maximum Gasteiger partial charge on any atom is 0.315 e. The lowest BCUT2D eigenvalue weighted by Crippen LogP contribution is -2.49. The third-order valence-electron chi connectivity index (χ3n) is 4.32. The molecular formula is C13H22N2O4S. The summed E-state index contributed by atoms with van der Waals surface area (Å²) in [5.41, 5.74) is -0.786. The molecule has 1 aliphatic carbocycles. The first-order valence-corrected chi connectivity index (χ1v) is 8.63. The number of carbonyl (C=O) groups excluding carboxylic acids is 1. The van der Waals surface area contributed by atoms with Crippen molar-refractivity contribution in [2.75, 3.05) is 18.1 Å². The number of rotatable bonds is 4. The Morgan fingerprint density at radius 2 is 1.80 bits per heavy atom. The molecule has 7 heteroatoms. The molecule has 1 heterocycles. The van der Waals surface area contributed by atoms with Crippen LogP contribution >= 0.6 is 0 Å². The van der Waals surface area contributed by atoms with Crippen LogP contribution in [0.4, 0.5) is 4.79 Å². The summed E-state index contributed by atoms with van der Waals surface area (Å²) in [4.78, 5) is 23.2. The highest BCUT2D eigenvalue weighted by atomic mass is 32.2. The van der Waals surface area contributed by atoms with Gasteiger partial charge in [-0.1, -0.05) is 12.8 Å². The number of carbonyl (C=O) groups is 2. The molecule has 2 amide bonds. The number of aliphatic carboxylic acids is 1. The molecule has 0 atom stereocenters. The van der Waals surface area contributed by atoms with Crippen molar-refractivity contribution >= 4 is 22.8 Å². The summed E-state index contributed by atoms with van der Waals surface area (Å²) in [5.74, 6) is 0.442. The van der Waals surface area contributed by atoms with Gasteiger partial charge < -0.3 is 15.7 Å². The van der Waals surface area contributed by atoms with Gasteiger partial charge in [0.05, 0.1) is 5.41 Å². The van der Waals surface area contributed by atoms with E-state index in [4.69, 9.17) is 0 Å². The normalized spacial score (nSPS) is 28.8. The lowest BCUT2D eigenvalue weighted by atomic mass is 9.86. The van der Waals surface area contributed by atoms with Crippen molar-refractivity contribution in [2.45, 2.75) is 44.6 Å². The van der Waals surface area contributed by atoms with E-state index in [1.807, 2.05) is 0 Å². The number of urea groups is 1. The van der Waals surface area contributed by atoms with Crippen LogP contribution in [-0.2, 0) is 15.6 Å². The van der Waals surface area contributed by atoms with E-state index >= 15 is 0 Å². The standard InChI is InChI=1S/C13H22N2O4S/c16-11(17)13(5-1-2-6-13)9-14-12(18)15-10-3-7-20(19)8-4-10/h10H,1-9H2,(H,16,17)(H2,14,15,18). The fraction of sp³-hybridized carbons (Fsp3) is 0.846. The van der Waals surface area contributed by atoms with Gasteiger partial charge in [-0.25, -0.2) is 4.79 Å². The SMILES string of the molecule is O=C(NCC1(C(=O)O)CCCC1)NC1CCS(=O)CC1. The predicted molar refractivity (Wildman–Crippen MR) is 76.0 cm³/mol. The Hall–Kier alpha value is -1.11. The van der Waals surface area contributed by atoms with Gasteiger partial charge in [0.2, 0.25) is 0 Å². The Bertz CT molecular complexity index is 397. The Balaban J connectivity index is 1.77. The third kappa shape index (κ3) is 3.71. The zero-order valence-electron chi connectivity index (χ0n) is 11.5. The molecule has 0 spiro atoms. The van der Waals surface area contributed by atoms with Crippen LogP contribution in [-0.4, -0.2) is 45.4 Å². The van der Waals surface area contributed by atoms with Gasteiger partial charge in [-0.05, 0) is 25.7 Å². The zero-order chi connectivity index (χ0) is 14.6. The molecular weight excluding hydrogens is 280 g/mol. The molecule has 20 heavy (non-hydrogen) atoms. The first-order chi connectivity index (χ1) is 9.52. The average molecular weight is 302 g/mol. The summed E-state index contributed by atoms with van der Waals surface area (Å²) in [6, 6.07) is -0.257. The molecule has 1 saturated heterocycles. The van der Waals surface area contributed by atoms with Crippen molar-refractivity contribution in [3.8, 4) is 0 Å². The van der Waals surface area contributed by atoms with Crippen LogP contribution in [0.1, 0.15) is 38.5 Å². The van der Waals surface area contributed by atoms with Gasteiger partial charge in [0, 0.05) is 34.9 Å². The average Bonchev–Trinajstić information content (AvgIpc) is 2.89. The Morgan fingerprint density at radius 1 is 1.20 bits per heavy atom. The first kappa shape index (κ1) is 15.3. The van der Waals surface area contributed by atoms with Gasteiger partial charge >= 0.3 is 12.0 Å². The minimum Gasteiger partial charge on any atom is -0.481 e. The zero-order valence-corrected chi connectivity index (χ0v) is 12.3. The second kappa shape index (κ2) is 6.56. The molecule has 0 aromatic rings. The molecule has 6 nitrogen and oxygen atoms in total. The largest absolute Gasteiger partial charge is 0.481 e. The molecule has 3 N–H and O–H groups in total. The highest BCUT2D eigenvalue weighted by Crippen LogP contribution is 2.37. The summed E-state index contributed by atoms with van der Waals surface area (Å²) in [6.07, 6.45) is 4.53. The van der Waals surface area contributed by atoms with E-state index in [9.17, 15) is 18.9 Å². The molecule has 0 radical (unpaired) electrons. The lowest BCUT2D eigenvalue weighted by molar-refractivity contribution is -0.148. The van der Waals surface area contributed by atoms with Crippen LogP contribution in [0.15, 0.2) is 0 Å². The smallest absolute Gasteiger partial charge is 0.315 e. The minimum absolute atomic E-state index is 0.0528. The first-order valence-electron chi connectivity index (χ1n) is 7.15. The maximum absolute atomic E-state index is 11.8. The number of nitrogens with one attached hydrogen (secondary N) is 2. The molecule has 0 aromatic heterocycles. The van der Waals surface area contributed by atoms with E-state index < -0.39 is 22.2 Å². The van der Waals surface area contributed by atoms with E-state index in [2.05, 4.69) is 10.6 Å². The van der Waals surface area contributed by atoms with Gasteiger partial charge in [-0.2, -0.15) is 0 Å². The van der Waals surface area contributed by atoms with Crippen LogP contribution in [0.25, 0.3) is 0 Å². The molecule has 2 aliphatic rings. The molecule has 1 aliphatic heterocycles. The highest BCUT2D eigenvalue weighted by Gasteiger charge is 2.41. The Morgan fingerprint density at radius 3 is 2.35 bits per heavy atom. The molecule has 1 saturated carbocycles. The molecule has 0 bridgehead atoms. The van der Waals surface area contributed by atoms with Gasteiger partial charge in [0.1, 0.15) is 0 Å². The second-order valence-electron chi connectivity index (χ2n) is 5.74. The third-order valence-corrected chi connectivity index (χ3v) is 5.71. The number of carboxylic acid groups (broad SMARTS) is 1. The fourth-order valence-electron chi connectivity index (χ4n) is 2.94. The van der Waals surface area contributed by atoms with Crippen molar-refractivity contribution < 1.29 is 18.9 Å². The topological polar surface area (TPSA) is 95.5 Å². The predicted octanol–water partition coefficient (Wildman–Crippen LogP) is 0.842. The van der Waals surface area contributed by atoms with Crippen molar-refractivity contribution in [1.82, 2.24) is 10.6 Å². The van der Waals surface area contributed by atoms with E-state index in [0.717, 1.165) is 25.7 Å². The summed E-state index contributed by atoms with van der Waals surface area (Å²) in [5, 5.41) is 14.9. The molecule has 2 rings (SSSR count). The second-order valence-corrected chi connectivity index (χ2v) is 7.44. The van der Waals surface area contributed by atoms with Crippen LogP contribution in [0.5, 0.6) is 0 Å². The summed E-state index contributed by atoms with van der Waals surface area (Å²) in [7, 11) is -0.744. The quantitative estimate of drug-likeness (QED) is 0.717. The van der Waals surface area contributed by atoms with Gasteiger partial charge in [0.15, 0.2) is 0 Å². The molecule has 2 fully saturated rings. The van der Waals surface area contributed by atoms with Crippen LogP contribution in [0, 0.1) is 5.41 Å². The van der Waals surface area contributed by atoms with Crippen molar-refractivity contribution in [1.29, 1.82) is 0 Å². The van der Waals surface area contributed by atoms with Crippen LogP contribution in [0.2, 0.25) is 0 Å². The number of hydrogen-bond donors (Lipinski definition) is 3. The number of hydrogen-bond acceptors (Lipinski definition) is 3. The monoisotopic (exact) mass is 302 g/mol. The summed E-state index contributed by atoms with van der Waals surface area (Å²) in [6.45, 7) is 0.187. The van der Waals surface area contributed by atoms with E-state index in [1.165, 1.54) is 0 Å². The van der Waals surface area contributed by atoms with Crippen molar-refractivity contribution in [2.24, 2.45) is 5.41 Å². The molecule has 114 valence electrons. The molecule has 0 unspecified atom stereocenters. The van der Waals surface area contributed by atoms with Crippen molar-refractivity contribution in [3.63, 3.8) is 0 Å². The van der Waals surface area contributed by atoms with Gasteiger partial charge in [-0.3, -0.25) is 9.00 Å². The van der Waals surface area contributed by atoms with Crippen LogP contribution < -0.4 is 10.6 Å². The minimum atomic E-state index is -0.816. The van der Waals surface area contributed by atoms with E-state index in [1.54, 1.807) is 0 Å².